The van der Waals surface area contributed by atoms with E-state index < -0.39 is 17.8 Å². The third-order valence-electron chi connectivity index (χ3n) is 2.63. The molecule has 1 amide bonds. The topological polar surface area (TPSA) is 92.4 Å². The maximum absolute atomic E-state index is 11.2. The summed E-state index contributed by atoms with van der Waals surface area (Å²) in [6, 6.07) is 5.00. The molecule has 0 aromatic heterocycles. The molecule has 0 aliphatic rings. The number of benzene rings is 1. The van der Waals surface area contributed by atoms with Crippen molar-refractivity contribution in [3.05, 3.63) is 28.2 Å². The number of amides is 1. The number of carbonyl (C=O) groups excluding carboxylic acids is 1. The number of carboxylic acids is 1. The Bertz CT molecular complexity index is 463. The number of aliphatic carboxylic acids is 1. The number of nitrogens with two attached hydrogens (primary N) is 1. The van der Waals surface area contributed by atoms with Gasteiger partial charge < -0.3 is 16.2 Å². The Labute approximate surface area is 113 Å². The standard InChI is InChI=1S/C12H15BrN2O3/c1-2-7(12(17)18)6-15-10-5-8(13)3-4-9(10)11(14)16/h3-5,7,15H,2,6H2,1H3,(H2,14,16)(H,17,18). The highest BCUT2D eigenvalue weighted by molar-refractivity contribution is 9.10. The van der Waals surface area contributed by atoms with Crippen LogP contribution in [0, 0.1) is 5.92 Å². The fraction of sp³-hybridized carbons (Fsp3) is 0.333. The second kappa shape index (κ2) is 6.39. The van der Waals surface area contributed by atoms with Crippen LogP contribution in [0.4, 0.5) is 5.69 Å². The second-order valence-corrected chi connectivity index (χ2v) is 4.79. The molecule has 0 saturated carbocycles. The van der Waals surface area contributed by atoms with Crippen molar-refractivity contribution >= 4 is 33.5 Å². The minimum Gasteiger partial charge on any atom is -0.481 e. The van der Waals surface area contributed by atoms with Crippen LogP contribution in [0.2, 0.25) is 0 Å². The highest BCUT2D eigenvalue weighted by Gasteiger charge is 2.16. The van der Waals surface area contributed by atoms with E-state index in [1.807, 2.05) is 0 Å². The molecule has 1 aromatic carbocycles. The predicted molar refractivity (Wildman–Crippen MR) is 72.6 cm³/mol. The number of halogens is 1. The molecule has 0 saturated heterocycles. The van der Waals surface area contributed by atoms with Crippen LogP contribution in [-0.4, -0.2) is 23.5 Å². The summed E-state index contributed by atoms with van der Waals surface area (Å²) in [7, 11) is 0. The Morgan fingerprint density at radius 2 is 2.17 bits per heavy atom. The first kappa shape index (κ1) is 14.5. The van der Waals surface area contributed by atoms with Gasteiger partial charge in [-0.25, -0.2) is 0 Å². The number of nitrogens with one attached hydrogen (secondary N) is 1. The number of primary amides is 1. The summed E-state index contributed by atoms with van der Waals surface area (Å²) in [5.74, 6) is -1.90. The van der Waals surface area contributed by atoms with Gasteiger partial charge in [0.25, 0.3) is 5.91 Å². The zero-order chi connectivity index (χ0) is 13.7. The molecular formula is C12H15BrN2O3. The molecule has 0 bridgehead atoms. The van der Waals surface area contributed by atoms with Crippen molar-refractivity contribution in [2.45, 2.75) is 13.3 Å². The molecule has 98 valence electrons. The average molecular weight is 315 g/mol. The number of carbonyl (C=O) groups is 2. The summed E-state index contributed by atoms with van der Waals surface area (Å²) in [6.07, 6.45) is 0.516. The Balaban J connectivity index is 2.86. The lowest BCUT2D eigenvalue weighted by Crippen LogP contribution is -2.23. The van der Waals surface area contributed by atoms with Crippen LogP contribution in [-0.2, 0) is 4.79 Å². The molecular weight excluding hydrogens is 300 g/mol. The maximum Gasteiger partial charge on any atom is 0.308 e. The molecule has 4 N–H and O–H groups in total. The summed E-state index contributed by atoms with van der Waals surface area (Å²) in [4.78, 5) is 22.1. The highest BCUT2D eigenvalue weighted by atomic mass is 79.9. The molecule has 18 heavy (non-hydrogen) atoms. The molecule has 0 heterocycles. The monoisotopic (exact) mass is 314 g/mol. The van der Waals surface area contributed by atoms with Crippen LogP contribution >= 0.6 is 15.9 Å². The number of rotatable bonds is 6. The van der Waals surface area contributed by atoms with Gasteiger partial charge in [-0.3, -0.25) is 9.59 Å². The van der Waals surface area contributed by atoms with Crippen LogP contribution in [0.1, 0.15) is 23.7 Å². The Morgan fingerprint density at radius 3 is 2.67 bits per heavy atom. The summed E-state index contributed by atoms with van der Waals surface area (Å²) in [6.45, 7) is 2.05. The van der Waals surface area contributed by atoms with E-state index in [2.05, 4.69) is 21.2 Å². The average Bonchev–Trinajstić information content (AvgIpc) is 2.29. The lowest BCUT2D eigenvalue weighted by atomic mass is 10.1. The van der Waals surface area contributed by atoms with Gasteiger partial charge in [0.15, 0.2) is 0 Å². The summed E-state index contributed by atoms with van der Waals surface area (Å²) in [5.41, 5.74) is 6.14. The lowest BCUT2D eigenvalue weighted by Gasteiger charge is -2.14. The fourth-order valence-electron chi connectivity index (χ4n) is 1.52. The van der Waals surface area contributed by atoms with Gasteiger partial charge in [0, 0.05) is 16.7 Å². The van der Waals surface area contributed by atoms with Crippen LogP contribution in [0.3, 0.4) is 0 Å². The number of carboxylic acid groups (broad SMARTS) is 1. The SMILES string of the molecule is CCC(CNc1cc(Br)ccc1C(N)=O)C(=O)O. The van der Waals surface area contributed by atoms with Crippen LogP contribution in [0.15, 0.2) is 22.7 Å². The molecule has 5 nitrogen and oxygen atoms in total. The molecule has 0 aliphatic carbocycles. The maximum atomic E-state index is 11.2. The van der Waals surface area contributed by atoms with E-state index in [-0.39, 0.29) is 6.54 Å². The van der Waals surface area contributed by atoms with E-state index in [4.69, 9.17) is 10.8 Å². The van der Waals surface area contributed by atoms with E-state index in [1.165, 1.54) is 0 Å². The fourth-order valence-corrected chi connectivity index (χ4v) is 1.88. The molecule has 1 aromatic rings. The Morgan fingerprint density at radius 1 is 1.50 bits per heavy atom. The zero-order valence-corrected chi connectivity index (χ0v) is 11.5. The number of hydrogen-bond donors (Lipinski definition) is 3. The van der Waals surface area contributed by atoms with Gasteiger partial charge in [0.05, 0.1) is 11.5 Å². The van der Waals surface area contributed by atoms with Crippen molar-refractivity contribution in [3.8, 4) is 0 Å². The molecule has 0 radical (unpaired) electrons. The first-order valence-corrected chi connectivity index (χ1v) is 6.31. The van der Waals surface area contributed by atoms with Crippen molar-refractivity contribution in [3.63, 3.8) is 0 Å². The molecule has 1 rings (SSSR count). The van der Waals surface area contributed by atoms with Gasteiger partial charge in [-0.1, -0.05) is 22.9 Å². The summed E-state index contributed by atoms with van der Waals surface area (Å²) < 4.78 is 0.790. The smallest absolute Gasteiger partial charge is 0.308 e. The molecule has 0 fully saturated rings. The van der Waals surface area contributed by atoms with Gasteiger partial charge in [-0.15, -0.1) is 0 Å². The third kappa shape index (κ3) is 3.73. The first-order valence-electron chi connectivity index (χ1n) is 5.51. The highest BCUT2D eigenvalue weighted by Crippen LogP contribution is 2.21. The van der Waals surface area contributed by atoms with Crippen LogP contribution in [0.5, 0.6) is 0 Å². The molecule has 6 heteroatoms. The predicted octanol–water partition coefficient (Wildman–Crippen LogP) is 2.07. The van der Waals surface area contributed by atoms with Crippen LogP contribution in [0.25, 0.3) is 0 Å². The molecule has 0 aliphatic heterocycles. The van der Waals surface area contributed by atoms with E-state index in [0.29, 0.717) is 17.7 Å². The molecule has 1 atom stereocenters. The summed E-state index contributed by atoms with van der Waals surface area (Å²) in [5, 5.41) is 11.9. The van der Waals surface area contributed by atoms with Crippen LogP contribution < -0.4 is 11.1 Å². The lowest BCUT2D eigenvalue weighted by molar-refractivity contribution is -0.141. The zero-order valence-electron chi connectivity index (χ0n) is 9.94. The van der Waals surface area contributed by atoms with E-state index in [9.17, 15) is 9.59 Å². The van der Waals surface area contributed by atoms with Gasteiger partial charge in [-0.05, 0) is 24.6 Å². The van der Waals surface area contributed by atoms with Gasteiger partial charge in [-0.2, -0.15) is 0 Å². The first-order chi connectivity index (χ1) is 8.45. The van der Waals surface area contributed by atoms with Crippen molar-refractivity contribution in [1.82, 2.24) is 0 Å². The van der Waals surface area contributed by atoms with Crippen molar-refractivity contribution < 1.29 is 14.7 Å². The van der Waals surface area contributed by atoms with Crippen molar-refractivity contribution in [2.24, 2.45) is 11.7 Å². The second-order valence-electron chi connectivity index (χ2n) is 3.88. The van der Waals surface area contributed by atoms with Crippen molar-refractivity contribution in [2.75, 3.05) is 11.9 Å². The van der Waals surface area contributed by atoms with E-state index in [1.54, 1.807) is 25.1 Å². The quantitative estimate of drug-likeness (QED) is 0.749. The van der Waals surface area contributed by atoms with E-state index in [0.717, 1.165) is 4.47 Å². The minimum absolute atomic E-state index is 0.253. The summed E-state index contributed by atoms with van der Waals surface area (Å²) >= 11 is 3.29. The number of hydrogen-bond acceptors (Lipinski definition) is 3. The number of anilines is 1. The van der Waals surface area contributed by atoms with Gasteiger partial charge in [0.2, 0.25) is 0 Å². The normalized spacial score (nSPS) is 11.9. The van der Waals surface area contributed by atoms with Gasteiger partial charge >= 0.3 is 5.97 Å². The third-order valence-corrected chi connectivity index (χ3v) is 3.12. The molecule has 1 unspecified atom stereocenters. The molecule has 0 spiro atoms. The van der Waals surface area contributed by atoms with Crippen molar-refractivity contribution in [1.29, 1.82) is 0 Å². The van der Waals surface area contributed by atoms with Gasteiger partial charge in [0.1, 0.15) is 0 Å². The Hall–Kier alpha value is -1.56. The largest absolute Gasteiger partial charge is 0.481 e. The van der Waals surface area contributed by atoms with E-state index >= 15 is 0 Å². The minimum atomic E-state index is -0.861. The Kier molecular flexibility index (Phi) is 5.15.